The summed E-state index contributed by atoms with van der Waals surface area (Å²) in [6.07, 6.45) is 3.61. The molecule has 0 spiro atoms. The van der Waals surface area contributed by atoms with Crippen molar-refractivity contribution in [3.05, 3.63) is 431 Å². The first-order valence-corrected chi connectivity index (χ1v) is 39.0. The number of hydrogen-bond donors (Lipinski definition) is 3. The van der Waals surface area contributed by atoms with Crippen LogP contribution in [0.15, 0.2) is 428 Å². The Balaban J connectivity index is 0.000000118. The van der Waals surface area contributed by atoms with Crippen molar-refractivity contribution in [1.82, 2.24) is 9.97 Å². The summed E-state index contributed by atoms with van der Waals surface area (Å²) in [4.78, 5) is 11.0. The molecule has 0 bridgehead atoms. The molecular weight excluding hydrogens is 1590 g/mol. The van der Waals surface area contributed by atoms with Crippen LogP contribution in [0.2, 0.25) is 0 Å². The van der Waals surface area contributed by atoms with Crippen molar-refractivity contribution >= 4 is 160 Å². The summed E-state index contributed by atoms with van der Waals surface area (Å²) in [6.45, 7) is 0. The molecule has 0 aliphatic carbocycles. The Morgan fingerprint density at radius 3 is 0.864 bits per heavy atom. The maximum Gasteiger partial charge on any atom is 0.489 e. The van der Waals surface area contributed by atoms with Crippen LogP contribution in [0.1, 0.15) is 0 Å². The number of rotatable bonds is 11. The second kappa shape index (κ2) is 35.3. The van der Waals surface area contributed by atoms with E-state index in [0.717, 1.165) is 70.3 Å². The fourth-order valence-corrected chi connectivity index (χ4v) is 15.4. The lowest BCUT2D eigenvalue weighted by Crippen LogP contribution is -2.31. The van der Waals surface area contributed by atoms with Gasteiger partial charge < -0.3 is 15.4 Å². The third-order valence-corrected chi connectivity index (χ3v) is 21.0. The topological polar surface area (TPSA) is 81.5 Å². The highest BCUT2D eigenvalue weighted by molar-refractivity contribution is 14.1. The van der Waals surface area contributed by atoms with Crippen LogP contribution >= 0.6 is 54.5 Å². The number of nitrogens with zero attached hydrogens (tertiary/aromatic N) is 3. The summed E-state index contributed by atoms with van der Waals surface area (Å²) >= 11 is 9.18. The number of pyridine rings is 2. The van der Waals surface area contributed by atoms with Crippen LogP contribution in [-0.2, 0) is 0 Å². The lowest BCUT2D eigenvalue weighted by atomic mass is 9.72. The van der Waals surface area contributed by atoms with E-state index in [1.54, 1.807) is 6.20 Å². The molecule has 528 valence electrons. The van der Waals surface area contributed by atoms with Crippen molar-refractivity contribution in [1.29, 1.82) is 0 Å². The number of halogens is 3. The van der Waals surface area contributed by atoms with Gasteiger partial charge in [0.25, 0.3) is 0 Å². The van der Waals surface area contributed by atoms with Gasteiger partial charge in [-0.15, -0.1) is 0 Å². The predicted octanol–water partition coefficient (Wildman–Crippen LogP) is 27.5. The Morgan fingerprint density at radius 1 is 0.264 bits per heavy atom. The summed E-state index contributed by atoms with van der Waals surface area (Å²) in [7, 11) is -1.50. The molecule has 17 aromatic carbocycles. The molecule has 6 nitrogen and oxygen atoms in total. The molecule has 0 atom stereocenters. The van der Waals surface area contributed by atoms with Crippen LogP contribution in [0, 0.1) is 3.57 Å². The molecule has 2 heterocycles. The highest BCUT2D eigenvalue weighted by Crippen LogP contribution is 2.47. The number of aromatic nitrogens is 2. The van der Waals surface area contributed by atoms with Gasteiger partial charge in [0, 0.05) is 42.0 Å². The van der Waals surface area contributed by atoms with Gasteiger partial charge in [-0.25, -0.2) is 9.97 Å². The molecule has 0 fully saturated rings. The van der Waals surface area contributed by atoms with Crippen LogP contribution in [0.5, 0.6) is 0 Å². The average Bonchev–Trinajstić information content (AvgIpc) is 0.746. The monoisotopic (exact) mass is 1660 g/mol. The molecule has 10 heteroatoms. The molecule has 0 saturated carbocycles. The zero-order chi connectivity index (χ0) is 75.0. The Hall–Kier alpha value is -12.1. The van der Waals surface area contributed by atoms with Gasteiger partial charge in [-0.3, -0.25) is 4.90 Å². The van der Waals surface area contributed by atoms with E-state index in [-0.39, 0.29) is 0 Å². The van der Waals surface area contributed by atoms with Crippen LogP contribution in [0.25, 0.3) is 120 Å². The quantitative estimate of drug-likeness (QED) is 0.0680. The van der Waals surface area contributed by atoms with Gasteiger partial charge in [0.1, 0.15) is 11.6 Å². The maximum atomic E-state index is 9.94. The molecule has 0 saturated heterocycles. The molecule has 3 N–H and O–H groups in total. The van der Waals surface area contributed by atoms with Crippen molar-refractivity contribution in [3.8, 4) is 55.6 Å². The molecule has 0 radical (unpaired) electrons. The number of nitrogens with one attached hydrogen (secondary N) is 1. The van der Waals surface area contributed by atoms with Gasteiger partial charge in [0.05, 0.1) is 0 Å². The first kappa shape index (κ1) is 73.4. The van der Waals surface area contributed by atoms with Crippen LogP contribution in [0.4, 0.5) is 28.7 Å². The maximum absolute atomic E-state index is 9.94. The third-order valence-electron chi connectivity index (χ3n) is 19.2. The largest absolute Gasteiger partial charge is 0.489 e. The Morgan fingerprint density at radius 2 is 0.536 bits per heavy atom. The van der Waals surface area contributed by atoms with Gasteiger partial charge in [-0.2, -0.15) is 0 Å². The van der Waals surface area contributed by atoms with Crippen molar-refractivity contribution in [2.45, 2.75) is 0 Å². The molecule has 19 aromatic rings. The van der Waals surface area contributed by atoms with Gasteiger partial charge in [-0.1, -0.05) is 341 Å². The number of benzene rings is 17. The fourth-order valence-electron chi connectivity index (χ4n) is 14.5. The summed E-state index contributed by atoms with van der Waals surface area (Å²) < 4.78 is 3.50. The summed E-state index contributed by atoms with van der Waals surface area (Å²) in [6, 6.07) is 140. The van der Waals surface area contributed by atoms with Crippen LogP contribution in [0.3, 0.4) is 0 Å². The second-order valence-corrected chi connectivity index (χ2v) is 29.2. The number of hydrogen-bond acceptors (Lipinski definition) is 6. The molecule has 0 amide bonds. The van der Waals surface area contributed by atoms with Crippen LogP contribution < -0.4 is 15.7 Å². The molecule has 0 unspecified atom stereocenters. The molecule has 110 heavy (non-hydrogen) atoms. The first-order chi connectivity index (χ1) is 54.2. The van der Waals surface area contributed by atoms with Crippen molar-refractivity contribution < 1.29 is 10.0 Å². The van der Waals surface area contributed by atoms with Gasteiger partial charge in [0.2, 0.25) is 0 Å². The third kappa shape index (κ3) is 16.6. The van der Waals surface area contributed by atoms with Crippen molar-refractivity contribution in [2.75, 3.05) is 10.2 Å². The second-order valence-electron chi connectivity index (χ2n) is 26.1. The van der Waals surface area contributed by atoms with Crippen molar-refractivity contribution in [2.24, 2.45) is 0 Å². The highest BCUT2D eigenvalue weighted by Gasteiger charge is 2.23. The minimum Gasteiger partial charge on any atom is -0.423 e. The molecule has 0 aliphatic heterocycles. The predicted molar refractivity (Wildman–Crippen MR) is 482 cm³/mol. The fraction of sp³-hybridized carbons (Fsp3) is 0. The zero-order valence-corrected chi connectivity index (χ0v) is 65.1. The summed E-state index contributed by atoms with van der Waals surface area (Å²) in [5.41, 5.74) is 16.1. The standard InChI is InChI=1S/C37H26N2.C26H17Br.C20H15BO2.C11H10N2.C6H4BrI/c1-3-13-27(14-4-1)36-31-17-7-9-19-33(31)37(34-20-10-8-18-32(34)36)28-22-24-30(25-23-28)39(29-15-5-2-6-16-29)35-21-11-12-26-38-35;27-20-16-14-19(15-17-20)26-23-12-6-4-10-21(23)25(18-8-2-1-3-9-18)22-11-5-7-13-24(22)26;22-21(23)20-17-12-6-4-10-15(17)19(14-8-2-1-3-9-14)16-11-5-7-13-18(16)20;1-2-6-10(7-3-1)13-11-8-4-5-9-12-11;7-5-1-3-6(8)4-2-5/h1-26H;1-17H;1-13,22-23H;1-9H,(H,12,13);1-4H. The number of para-hydroxylation sites is 2. The normalized spacial score (nSPS) is 10.8. The average molecular weight is 1660 g/mol. The van der Waals surface area contributed by atoms with E-state index in [0.29, 0.717) is 5.46 Å². The van der Waals surface area contributed by atoms with E-state index in [2.05, 4.69) is 329 Å². The number of fused-ring (bicyclic) bond motifs is 6. The minimum atomic E-state index is -1.50. The highest BCUT2D eigenvalue weighted by atomic mass is 127. The Labute approximate surface area is 671 Å². The summed E-state index contributed by atoms with van der Waals surface area (Å²) in [5, 5.41) is 37.1. The van der Waals surface area contributed by atoms with E-state index in [4.69, 9.17) is 0 Å². The van der Waals surface area contributed by atoms with E-state index in [9.17, 15) is 10.0 Å². The van der Waals surface area contributed by atoms with Crippen molar-refractivity contribution in [3.63, 3.8) is 0 Å². The smallest absolute Gasteiger partial charge is 0.423 e. The lowest BCUT2D eigenvalue weighted by molar-refractivity contribution is 0.426. The van der Waals surface area contributed by atoms with E-state index >= 15 is 0 Å². The minimum absolute atomic E-state index is 0.566. The van der Waals surface area contributed by atoms with E-state index in [1.807, 2.05) is 158 Å². The van der Waals surface area contributed by atoms with Crippen LogP contribution in [-0.4, -0.2) is 27.1 Å². The Kier molecular flexibility index (Phi) is 23.5. The SMILES string of the molecule is Brc1ccc(-c2c3ccccc3c(-c3ccccc3)c3ccccc23)cc1.Brc1ccc(I)cc1.OB(O)c1c2ccccc2c(-c2ccccc2)c2ccccc12.c1ccc(-c2c3ccccc3c(-c3ccc(N(c4ccccc4)c4ccccn4)cc3)c3ccccc23)cc1.c1ccc(Nc2ccccn2)cc1. The molecule has 2 aromatic heterocycles. The molecule has 19 rings (SSSR count). The van der Waals surface area contributed by atoms with E-state index < -0.39 is 7.12 Å². The summed E-state index contributed by atoms with van der Waals surface area (Å²) in [5.74, 6) is 1.76. The zero-order valence-electron chi connectivity index (χ0n) is 59.8. The molecule has 0 aliphatic rings. The van der Waals surface area contributed by atoms with Gasteiger partial charge in [-0.05, 0) is 245 Å². The first-order valence-electron chi connectivity index (χ1n) is 36.3. The number of anilines is 5. The Bertz CT molecular complexity index is 6010. The lowest BCUT2D eigenvalue weighted by Gasteiger charge is -2.24. The molecular formula is C100H72BBr2IN4O2. The van der Waals surface area contributed by atoms with Gasteiger partial charge in [0.15, 0.2) is 0 Å². The van der Waals surface area contributed by atoms with E-state index in [1.165, 1.54) is 91.2 Å². The van der Waals surface area contributed by atoms with Gasteiger partial charge >= 0.3 is 7.12 Å².